The van der Waals surface area contributed by atoms with Crippen LogP contribution in [0, 0.1) is 0 Å². The Hall–Kier alpha value is -1.71. The number of benzene rings is 1. The van der Waals surface area contributed by atoms with Crippen molar-refractivity contribution in [3.05, 3.63) is 29.3 Å². The van der Waals surface area contributed by atoms with E-state index in [1.807, 2.05) is 24.9 Å². The Morgan fingerprint density at radius 2 is 2.11 bits per heavy atom. The number of methoxy groups -OCH3 is 1. The predicted molar refractivity (Wildman–Crippen MR) is 75.5 cm³/mol. The molecule has 4 nitrogen and oxygen atoms in total. The van der Waals surface area contributed by atoms with Gasteiger partial charge in [-0.25, -0.2) is 4.79 Å². The third-order valence-electron chi connectivity index (χ3n) is 3.88. The molecule has 0 saturated carbocycles. The Labute approximate surface area is 115 Å². The lowest BCUT2D eigenvalue weighted by molar-refractivity contribution is 0.197. The summed E-state index contributed by atoms with van der Waals surface area (Å²) in [6.07, 6.45) is 0.985. The summed E-state index contributed by atoms with van der Waals surface area (Å²) in [6, 6.07) is 6.41. The van der Waals surface area contributed by atoms with Gasteiger partial charge in [0.05, 0.1) is 13.2 Å². The van der Waals surface area contributed by atoms with Crippen molar-refractivity contribution < 1.29 is 9.53 Å². The fraction of sp³-hybridized carbons (Fsp3) is 0.533. The molecule has 1 aliphatic heterocycles. The minimum Gasteiger partial charge on any atom is -0.496 e. The van der Waals surface area contributed by atoms with Gasteiger partial charge in [-0.05, 0) is 31.0 Å². The number of likely N-dealkylation sites (N-methyl/N-ethyl adjacent to an activating group) is 2. The number of nitrogens with zero attached hydrogens (tertiary/aromatic N) is 2. The highest BCUT2D eigenvalue weighted by Crippen LogP contribution is 2.34. The Bertz CT molecular complexity index is 473. The van der Waals surface area contributed by atoms with E-state index < -0.39 is 0 Å². The molecule has 1 heterocycles. The third kappa shape index (κ3) is 2.39. The van der Waals surface area contributed by atoms with Crippen LogP contribution < -0.4 is 4.74 Å². The number of ether oxygens (including phenoxy) is 1. The average molecular weight is 262 g/mol. The summed E-state index contributed by atoms with van der Waals surface area (Å²) >= 11 is 0. The van der Waals surface area contributed by atoms with Crippen LogP contribution in [0.1, 0.15) is 31.0 Å². The molecule has 0 spiro atoms. The lowest BCUT2D eigenvalue weighted by Gasteiger charge is -2.21. The van der Waals surface area contributed by atoms with Crippen molar-refractivity contribution in [1.82, 2.24) is 9.80 Å². The predicted octanol–water partition coefficient (Wildman–Crippen LogP) is 2.69. The van der Waals surface area contributed by atoms with Crippen LogP contribution in [0.25, 0.3) is 0 Å². The van der Waals surface area contributed by atoms with Crippen LogP contribution in [0.2, 0.25) is 0 Å². The van der Waals surface area contributed by atoms with Gasteiger partial charge in [-0.1, -0.05) is 13.0 Å². The highest BCUT2D eigenvalue weighted by Gasteiger charge is 2.36. The smallest absolute Gasteiger partial charge is 0.320 e. The molecule has 0 aromatic heterocycles. The monoisotopic (exact) mass is 262 g/mol. The van der Waals surface area contributed by atoms with Gasteiger partial charge in [0.25, 0.3) is 0 Å². The number of hydrogen-bond acceptors (Lipinski definition) is 2. The van der Waals surface area contributed by atoms with Crippen LogP contribution in [-0.4, -0.2) is 43.1 Å². The summed E-state index contributed by atoms with van der Waals surface area (Å²) in [4.78, 5) is 15.8. The number of hydrogen-bond donors (Lipinski definition) is 0. The third-order valence-corrected chi connectivity index (χ3v) is 3.88. The molecule has 104 valence electrons. The van der Waals surface area contributed by atoms with E-state index in [0.717, 1.165) is 30.8 Å². The minimum absolute atomic E-state index is 0.0777. The second-order valence-electron chi connectivity index (χ2n) is 4.88. The molecule has 1 fully saturated rings. The largest absolute Gasteiger partial charge is 0.496 e. The number of carbonyl (C=O) groups is 1. The summed E-state index contributed by atoms with van der Waals surface area (Å²) in [5.41, 5.74) is 2.38. The molecule has 2 rings (SSSR count). The van der Waals surface area contributed by atoms with Gasteiger partial charge in [0.2, 0.25) is 0 Å². The molecule has 0 radical (unpaired) electrons. The number of rotatable bonds is 4. The summed E-state index contributed by atoms with van der Waals surface area (Å²) in [7, 11) is 3.54. The van der Waals surface area contributed by atoms with Gasteiger partial charge in [0.1, 0.15) is 5.75 Å². The van der Waals surface area contributed by atoms with E-state index in [-0.39, 0.29) is 12.1 Å². The highest BCUT2D eigenvalue weighted by molar-refractivity contribution is 5.77. The van der Waals surface area contributed by atoms with Crippen molar-refractivity contribution in [2.24, 2.45) is 0 Å². The van der Waals surface area contributed by atoms with E-state index in [2.05, 4.69) is 19.1 Å². The van der Waals surface area contributed by atoms with E-state index in [4.69, 9.17) is 4.74 Å². The summed E-state index contributed by atoms with van der Waals surface area (Å²) in [5.74, 6) is 0.861. The molecule has 1 atom stereocenters. The van der Waals surface area contributed by atoms with Gasteiger partial charge in [-0.15, -0.1) is 0 Å². The van der Waals surface area contributed by atoms with E-state index in [9.17, 15) is 4.79 Å². The van der Waals surface area contributed by atoms with Crippen molar-refractivity contribution in [3.8, 4) is 5.75 Å². The van der Waals surface area contributed by atoms with Gasteiger partial charge in [0, 0.05) is 25.7 Å². The van der Waals surface area contributed by atoms with Crippen LogP contribution in [0.15, 0.2) is 18.2 Å². The number of amides is 2. The maximum atomic E-state index is 12.1. The van der Waals surface area contributed by atoms with Crippen molar-refractivity contribution in [2.75, 3.05) is 27.2 Å². The van der Waals surface area contributed by atoms with Crippen LogP contribution in [0.4, 0.5) is 4.79 Å². The molecule has 0 N–H and O–H groups in total. The normalized spacial score (nSPS) is 19.2. The number of urea groups is 1. The molecular weight excluding hydrogens is 240 g/mol. The van der Waals surface area contributed by atoms with Gasteiger partial charge in [-0.3, -0.25) is 0 Å². The van der Waals surface area contributed by atoms with Crippen molar-refractivity contribution in [1.29, 1.82) is 0 Å². The first-order valence-corrected chi connectivity index (χ1v) is 6.80. The SMILES string of the molecule is CCc1ccc(OC)c(C2CN(CC)C(=O)N2C)c1. The first-order valence-electron chi connectivity index (χ1n) is 6.80. The van der Waals surface area contributed by atoms with Gasteiger partial charge >= 0.3 is 6.03 Å². The van der Waals surface area contributed by atoms with E-state index in [1.54, 1.807) is 12.0 Å². The first-order chi connectivity index (χ1) is 9.12. The van der Waals surface area contributed by atoms with Crippen LogP contribution in [-0.2, 0) is 6.42 Å². The second-order valence-corrected chi connectivity index (χ2v) is 4.88. The zero-order chi connectivity index (χ0) is 14.0. The number of aryl methyl sites for hydroxylation is 1. The lowest BCUT2D eigenvalue weighted by Crippen LogP contribution is -2.29. The highest BCUT2D eigenvalue weighted by atomic mass is 16.5. The zero-order valence-electron chi connectivity index (χ0n) is 12.1. The van der Waals surface area contributed by atoms with E-state index in [0.29, 0.717) is 0 Å². The molecule has 1 saturated heterocycles. The standard InChI is InChI=1S/C15H22N2O2/c1-5-11-7-8-14(19-4)12(9-11)13-10-17(6-2)15(18)16(13)3/h7-9,13H,5-6,10H2,1-4H3. The van der Waals surface area contributed by atoms with E-state index >= 15 is 0 Å². The quantitative estimate of drug-likeness (QED) is 0.835. The maximum absolute atomic E-state index is 12.1. The molecule has 19 heavy (non-hydrogen) atoms. The summed E-state index contributed by atoms with van der Waals surface area (Å²) < 4.78 is 5.45. The van der Waals surface area contributed by atoms with Gasteiger partial charge in [0.15, 0.2) is 0 Å². The van der Waals surface area contributed by atoms with Crippen molar-refractivity contribution >= 4 is 6.03 Å². The molecule has 4 heteroatoms. The van der Waals surface area contributed by atoms with Crippen LogP contribution in [0.5, 0.6) is 5.75 Å². The Morgan fingerprint density at radius 1 is 1.37 bits per heavy atom. The average Bonchev–Trinajstić information content (AvgIpc) is 2.74. The molecule has 0 bridgehead atoms. The molecule has 1 aliphatic rings. The van der Waals surface area contributed by atoms with E-state index in [1.165, 1.54) is 5.56 Å². The second kappa shape index (κ2) is 5.51. The fourth-order valence-electron chi connectivity index (χ4n) is 2.60. The lowest BCUT2D eigenvalue weighted by atomic mass is 10.0. The number of carbonyl (C=O) groups excluding carboxylic acids is 1. The Kier molecular flexibility index (Phi) is 3.98. The maximum Gasteiger partial charge on any atom is 0.320 e. The van der Waals surface area contributed by atoms with Gasteiger partial charge in [-0.2, -0.15) is 0 Å². The van der Waals surface area contributed by atoms with Gasteiger partial charge < -0.3 is 14.5 Å². The Balaban J connectivity index is 2.38. The van der Waals surface area contributed by atoms with Crippen molar-refractivity contribution in [3.63, 3.8) is 0 Å². The topological polar surface area (TPSA) is 32.8 Å². The summed E-state index contributed by atoms with van der Waals surface area (Å²) in [6.45, 7) is 5.62. The van der Waals surface area contributed by atoms with Crippen LogP contribution in [0.3, 0.4) is 0 Å². The van der Waals surface area contributed by atoms with Crippen LogP contribution >= 0.6 is 0 Å². The summed E-state index contributed by atoms with van der Waals surface area (Å²) in [5, 5.41) is 0. The first kappa shape index (κ1) is 13.7. The zero-order valence-corrected chi connectivity index (χ0v) is 12.1. The fourth-order valence-corrected chi connectivity index (χ4v) is 2.60. The molecule has 1 aromatic carbocycles. The molecule has 1 unspecified atom stereocenters. The van der Waals surface area contributed by atoms with Crippen molar-refractivity contribution in [2.45, 2.75) is 26.3 Å². The molecule has 2 amide bonds. The molecule has 0 aliphatic carbocycles. The minimum atomic E-state index is 0.0777. The molecular formula is C15H22N2O2. The molecule has 1 aromatic rings. The Morgan fingerprint density at radius 3 is 2.63 bits per heavy atom.